The molecule has 0 spiro atoms. The summed E-state index contributed by atoms with van der Waals surface area (Å²) in [6.45, 7) is 8.25. The molecule has 0 aliphatic heterocycles. The van der Waals surface area contributed by atoms with Gasteiger partial charge in [-0.05, 0) is 26.7 Å². The predicted molar refractivity (Wildman–Crippen MR) is 138 cm³/mol. The Morgan fingerprint density at radius 3 is 1.53 bits per heavy atom. The van der Waals surface area contributed by atoms with Crippen LogP contribution >= 0.6 is 0 Å². The summed E-state index contributed by atoms with van der Waals surface area (Å²) in [7, 11) is 3.09. The van der Waals surface area contributed by atoms with Crippen molar-refractivity contribution in [1.82, 2.24) is 9.80 Å². The second kappa shape index (κ2) is 20.6. The van der Waals surface area contributed by atoms with Crippen LogP contribution in [0.1, 0.15) is 118 Å². The molecule has 0 aromatic rings. The van der Waals surface area contributed by atoms with Crippen LogP contribution < -0.4 is 0 Å². The molecule has 0 aromatic heterocycles. The first-order valence-electron chi connectivity index (χ1n) is 13.6. The fourth-order valence-electron chi connectivity index (χ4n) is 3.61. The fraction of sp³-hybridized carbons (Fsp3) is 0.889. The van der Waals surface area contributed by atoms with E-state index in [1.54, 1.807) is 20.9 Å². The van der Waals surface area contributed by atoms with Gasteiger partial charge in [-0.25, -0.2) is 9.59 Å². The van der Waals surface area contributed by atoms with E-state index >= 15 is 0 Å². The van der Waals surface area contributed by atoms with E-state index in [9.17, 15) is 14.4 Å². The normalized spacial score (nSPS) is 12.6. The SMILES string of the molecule is CCCCCCCCCCCCCCOC(=O)C(C)N(C)C(=O)C(C)N(C)C(=O)OCCCC. The average molecular weight is 485 g/mol. The van der Waals surface area contributed by atoms with Gasteiger partial charge in [-0.3, -0.25) is 9.69 Å². The maximum Gasteiger partial charge on any atom is 0.410 e. The van der Waals surface area contributed by atoms with Crippen LogP contribution in [0.3, 0.4) is 0 Å². The summed E-state index contributed by atoms with van der Waals surface area (Å²) in [6, 6.07) is -1.44. The first-order chi connectivity index (χ1) is 16.3. The largest absolute Gasteiger partial charge is 0.464 e. The van der Waals surface area contributed by atoms with Crippen LogP contribution in [0.4, 0.5) is 4.79 Å². The number of carbonyl (C=O) groups is 3. The number of hydrogen-bond acceptors (Lipinski definition) is 5. The lowest BCUT2D eigenvalue weighted by molar-refractivity contribution is -0.154. The van der Waals surface area contributed by atoms with Gasteiger partial charge < -0.3 is 14.4 Å². The molecule has 7 nitrogen and oxygen atoms in total. The zero-order valence-electron chi connectivity index (χ0n) is 22.9. The summed E-state index contributed by atoms with van der Waals surface area (Å²) in [4.78, 5) is 39.8. The van der Waals surface area contributed by atoms with Gasteiger partial charge in [0.15, 0.2) is 0 Å². The van der Waals surface area contributed by atoms with Crippen molar-refractivity contribution in [2.45, 2.75) is 130 Å². The van der Waals surface area contributed by atoms with Crippen LogP contribution in [0.2, 0.25) is 0 Å². The average Bonchev–Trinajstić information content (AvgIpc) is 2.84. The summed E-state index contributed by atoms with van der Waals surface area (Å²) >= 11 is 0. The van der Waals surface area contributed by atoms with E-state index in [4.69, 9.17) is 9.47 Å². The summed E-state index contributed by atoms with van der Waals surface area (Å²) in [5, 5.41) is 0. The number of unbranched alkanes of at least 4 members (excludes halogenated alkanes) is 12. The van der Waals surface area contributed by atoms with Gasteiger partial charge in [0.05, 0.1) is 13.2 Å². The highest BCUT2D eigenvalue weighted by Crippen LogP contribution is 2.12. The van der Waals surface area contributed by atoms with Gasteiger partial charge in [0.25, 0.3) is 0 Å². The Morgan fingerprint density at radius 2 is 1.03 bits per heavy atom. The first-order valence-corrected chi connectivity index (χ1v) is 13.6. The van der Waals surface area contributed by atoms with E-state index in [1.165, 1.54) is 81.1 Å². The highest BCUT2D eigenvalue weighted by molar-refractivity contribution is 5.89. The highest BCUT2D eigenvalue weighted by Gasteiger charge is 2.31. The van der Waals surface area contributed by atoms with Gasteiger partial charge in [0, 0.05) is 14.1 Å². The summed E-state index contributed by atoms with van der Waals surface area (Å²) < 4.78 is 10.5. The van der Waals surface area contributed by atoms with Crippen LogP contribution in [0, 0.1) is 0 Å². The summed E-state index contributed by atoms with van der Waals surface area (Å²) in [5.74, 6) is -0.746. The Kier molecular flexibility index (Phi) is 19.5. The number of nitrogens with zero attached hydrogens (tertiary/aromatic N) is 2. The van der Waals surface area contributed by atoms with Crippen LogP contribution in [0.5, 0.6) is 0 Å². The molecule has 0 bridgehead atoms. The van der Waals surface area contributed by atoms with Crippen molar-refractivity contribution in [1.29, 1.82) is 0 Å². The van der Waals surface area contributed by atoms with Gasteiger partial charge in [-0.1, -0.05) is 90.9 Å². The molecule has 200 valence electrons. The lowest BCUT2D eigenvalue weighted by Crippen LogP contribution is -2.51. The molecule has 2 unspecified atom stereocenters. The molecular formula is C27H52N2O5. The highest BCUT2D eigenvalue weighted by atomic mass is 16.6. The zero-order valence-corrected chi connectivity index (χ0v) is 22.9. The fourth-order valence-corrected chi connectivity index (χ4v) is 3.61. The molecule has 0 heterocycles. The summed E-state index contributed by atoms with van der Waals surface area (Å²) in [5.41, 5.74) is 0. The van der Waals surface area contributed by atoms with Gasteiger partial charge >= 0.3 is 12.1 Å². The Morgan fingerprint density at radius 1 is 0.588 bits per heavy atom. The third-order valence-electron chi connectivity index (χ3n) is 6.46. The molecule has 0 aromatic carbocycles. The van der Waals surface area contributed by atoms with E-state index in [2.05, 4.69) is 6.92 Å². The van der Waals surface area contributed by atoms with Crippen LogP contribution in [0.15, 0.2) is 0 Å². The topological polar surface area (TPSA) is 76.2 Å². The number of rotatable bonds is 20. The lowest BCUT2D eigenvalue weighted by Gasteiger charge is -2.30. The molecule has 34 heavy (non-hydrogen) atoms. The first kappa shape index (κ1) is 32.2. The van der Waals surface area contributed by atoms with Gasteiger partial charge in [0.2, 0.25) is 5.91 Å². The van der Waals surface area contributed by atoms with Crippen LogP contribution in [0.25, 0.3) is 0 Å². The lowest BCUT2D eigenvalue weighted by atomic mass is 10.1. The third kappa shape index (κ3) is 14.5. The number of amides is 2. The number of likely N-dealkylation sites (N-methyl/N-ethyl adjacent to an activating group) is 2. The minimum Gasteiger partial charge on any atom is -0.464 e. The molecule has 0 N–H and O–H groups in total. The Labute approximate surface area is 208 Å². The third-order valence-corrected chi connectivity index (χ3v) is 6.46. The van der Waals surface area contributed by atoms with Gasteiger partial charge in [-0.15, -0.1) is 0 Å². The molecule has 0 rings (SSSR count). The van der Waals surface area contributed by atoms with Crippen molar-refractivity contribution < 1.29 is 23.9 Å². The Bertz CT molecular complexity index is 555. The van der Waals surface area contributed by atoms with Crippen molar-refractivity contribution in [3.05, 3.63) is 0 Å². The standard InChI is InChI=1S/C27H52N2O5/c1-7-9-11-12-13-14-15-16-17-18-19-20-22-33-26(31)24(4)28(5)25(30)23(3)29(6)27(32)34-21-10-8-2/h23-24H,7-22H2,1-6H3. The zero-order chi connectivity index (χ0) is 25.8. The quantitative estimate of drug-likeness (QED) is 0.149. The van der Waals surface area contributed by atoms with Crippen molar-refractivity contribution in [2.75, 3.05) is 27.3 Å². The predicted octanol–water partition coefficient (Wildman–Crippen LogP) is 6.33. The van der Waals surface area contributed by atoms with Crippen molar-refractivity contribution in [2.24, 2.45) is 0 Å². The van der Waals surface area contributed by atoms with Crippen molar-refractivity contribution in [3.63, 3.8) is 0 Å². The number of ether oxygens (including phenoxy) is 2. The molecule has 0 saturated carbocycles. The van der Waals surface area contributed by atoms with Gasteiger partial charge in [0.1, 0.15) is 12.1 Å². The molecule has 0 aliphatic rings. The molecule has 2 atom stereocenters. The molecule has 7 heteroatoms. The smallest absolute Gasteiger partial charge is 0.410 e. The minimum atomic E-state index is -0.731. The molecule has 0 radical (unpaired) electrons. The number of esters is 1. The Balaban J connectivity index is 4.01. The molecule has 2 amide bonds. The van der Waals surface area contributed by atoms with Gasteiger partial charge in [-0.2, -0.15) is 0 Å². The van der Waals surface area contributed by atoms with E-state index < -0.39 is 24.1 Å². The molecular weight excluding hydrogens is 432 g/mol. The number of hydrogen-bond donors (Lipinski definition) is 0. The van der Waals surface area contributed by atoms with Crippen LogP contribution in [-0.4, -0.2) is 67.2 Å². The van der Waals surface area contributed by atoms with E-state index in [-0.39, 0.29) is 5.91 Å². The van der Waals surface area contributed by atoms with Crippen molar-refractivity contribution >= 4 is 18.0 Å². The van der Waals surface area contributed by atoms with E-state index in [1.807, 2.05) is 6.92 Å². The van der Waals surface area contributed by atoms with E-state index in [0.29, 0.717) is 13.2 Å². The monoisotopic (exact) mass is 484 g/mol. The maximum atomic E-state index is 12.7. The second-order valence-corrected chi connectivity index (χ2v) is 9.44. The van der Waals surface area contributed by atoms with E-state index in [0.717, 1.165) is 25.7 Å². The molecule has 0 aliphatic carbocycles. The summed E-state index contributed by atoms with van der Waals surface area (Å²) in [6.07, 6.45) is 16.2. The maximum absolute atomic E-state index is 12.7. The number of carbonyl (C=O) groups excluding carboxylic acids is 3. The second-order valence-electron chi connectivity index (χ2n) is 9.44. The molecule has 0 fully saturated rings. The van der Waals surface area contributed by atoms with Crippen molar-refractivity contribution in [3.8, 4) is 0 Å². The Hall–Kier alpha value is -1.79. The molecule has 0 saturated heterocycles. The van der Waals surface area contributed by atoms with Crippen LogP contribution in [-0.2, 0) is 19.1 Å². The minimum absolute atomic E-state index is 0.329.